The van der Waals surface area contributed by atoms with Gasteiger partial charge in [0.1, 0.15) is 0 Å². The SMILES string of the molecule is Cl.NNF. The highest BCUT2D eigenvalue weighted by molar-refractivity contribution is 5.85. The minimum atomic E-state index is 0. The van der Waals surface area contributed by atoms with Gasteiger partial charge in [-0.05, 0) is 0 Å². The van der Waals surface area contributed by atoms with Crippen LogP contribution in [-0.2, 0) is 0 Å². The minimum absolute atomic E-state index is 0. The summed E-state index contributed by atoms with van der Waals surface area (Å²) in [7, 11) is 0. The van der Waals surface area contributed by atoms with Gasteiger partial charge >= 0.3 is 0 Å². The smallest absolute Gasteiger partial charge is 0.0956 e. The van der Waals surface area contributed by atoms with Crippen molar-refractivity contribution < 1.29 is 4.48 Å². The summed E-state index contributed by atoms with van der Waals surface area (Å²) in [6, 6.07) is 0. The molecule has 0 aliphatic heterocycles. The topological polar surface area (TPSA) is 38.0 Å². The molecule has 0 atom stereocenters. The Morgan fingerprint density at radius 1 is 1.75 bits per heavy atom. The van der Waals surface area contributed by atoms with E-state index in [1.54, 1.807) is 0 Å². The van der Waals surface area contributed by atoms with Crippen LogP contribution in [0, 0.1) is 0 Å². The Hall–Kier alpha value is 0.140. The molecule has 28 valence electrons. The number of nitrogens with one attached hydrogen (secondary N) is 1. The van der Waals surface area contributed by atoms with Crippen LogP contribution in [0.25, 0.3) is 0 Å². The Morgan fingerprint density at radius 2 is 1.75 bits per heavy atom. The van der Waals surface area contributed by atoms with Gasteiger partial charge in [-0.3, -0.25) is 0 Å². The maximum Gasteiger partial charge on any atom is -0.0956 e. The molecule has 0 spiro atoms. The van der Waals surface area contributed by atoms with Crippen molar-refractivity contribution in [3.05, 3.63) is 0 Å². The van der Waals surface area contributed by atoms with Gasteiger partial charge < -0.3 is 0 Å². The van der Waals surface area contributed by atoms with Crippen LogP contribution in [0.15, 0.2) is 0 Å². The molecule has 0 radical (unpaired) electrons. The van der Waals surface area contributed by atoms with Gasteiger partial charge in [-0.25, -0.2) is 5.84 Å². The van der Waals surface area contributed by atoms with Gasteiger partial charge in [0.05, 0.1) is 0 Å². The zero-order chi connectivity index (χ0) is 2.71. The highest BCUT2D eigenvalue weighted by atomic mass is 35.5. The van der Waals surface area contributed by atoms with Crippen molar-refractivity contribution in [2.75, 3.05) is 0 Å². The molecule has 2 nitrogen and oxygen atoms in total. The predicted molar refractivity (Wildman–Crippen MR) is 15.7 cm³/mol. The van der Waals surface area contributed by atoms with Gasteiger partial charge in [0.15, 0.2) is 0 Å². The lowest BCUT2D eigenvalue weighted by atomic mass is 12.9. The predicted octanol–water partition coefficient (Wildman–Crippen LogP) is -0.244. The van der Waals surface area contributed by atoms with E-state index in [-0.39, 0.29) is 12.4 Å². The first-order chi connectivity index (χ1) is 1.41. The lowest BCUT2D eigenvalue weighted by Gasteiger charge is -1.55. The van der Waals surface area contributed by atoms with Crippen LogP contribution in [-0.4, -0.2) is 0 Å². The Kier molecular flexibility index (Phi) is 24.7. The average molecular weight is 86.5 g/mol. The van der Waals surface area contributed by atoms with Gasteiger partial charge in [-0.1, -0.05) is 5.65 Å². The van der Waals surface area contributed by atoms with E-state index in [0.717, 1.165) is 5.65 Å². The van der Waals surface area contributed by atoms with E-state index >= 15 is 0 Å². The molecule has 4 heavy (non-hydrogen) atoms. The van der Waals surface area contributed by atoms with Gasteiger partial charge in [-0.15, -0.1) is 16.9 Å². The normalized spacial score (nSPS) is 4.50. The van der Waals surface area contributed by atoms with Crippen LogP contribution >= 0.6 is 12.4 Å². The van der Waals surface area contributed by atoms with Gasteiger partial charge in [0.25, 0.3) is 0 Å². The zero-order valence-corrected chi connectivity index (χ0v) is 2.68. The van der Waals surface area contributed by atoms with E-state index in [9.17, 15) is 4.48 Å². The Labute approximate surface area is 29.5 Å². The molecule has 3 N–H and O–H groups in total. The van der Waals surface area contributed by atoms with Crippen molar-refractivity contribution in [2.45, 2.75) is 0 Å². The minimum Gasteiger partial charge on any atom is -0.244 e. The summed E-state index contributed by atoms with van der Waals surface area (Å²) in [6.45, 7) is 0. The first-order valence-electron chi connectivity index (χ1n) is 0.478. The summed E-state index contributed by atoms with van der Waals surface area (Å²) in [5.74, 6) is 3.93. The molecular formula is H4ClFN2. The van der Waals surface area contributed by atoms with Crippen LogP contribution in [0.5, 0.6) is 0 Å². The molecule has 0 amide bonds. The van der Waals surface area contributed by atoms with Crippen molar-refractivity contribution in [1.29, 1.82) is 0 Å². The van der Waals surface area contributed by atoms with Crippen LogP contribution in [0.4, 0.5) is 4.48 Å². The number of nitrogens with two attached hydrogens (primary N) is 1. The Morgan fingerprint density at radius 3 is 1.75 bits per heavy atom. The second-order valence-electron chi connectivity index (χ2n) is 0.109. The molecule has 0 aromatic carbocycles. The number of hydrogen-bond donors (Lipinski definition) is 2. The third-order valence-corrected chi connectivity index (χ3v) is 0. The molecule has 0 bridgehead atoms. The zero-order valence-electron chi connectivity index (χ0n) is 1.86. The molecule has 0 saturated heterocycles. The second-order valence-corrected chi connectivity index (χ2v) is 0.109. The van der Waals surface area contributed by atoms with Crippen molar-refractivity contribution in [3.63, 3.8) is 0 Å². The van der Waals surface area contributed by atoms with Gasteiger partial charge in [0, 0.05) is 0 Å². The van der Waals surface area contributed by atoms with E-state index in [1.807, 2.05) is 0 Å². The molecule has 0 rings (SSSR count). The molecule has 0 fully saturated rings. The molecule has 0 aliphatic rings. The fourth-order valence-corrected chi connectivity index (χ4v) is 0. The molecular weight excluding hydrogens is 82.5 g/mol. The highest BCUT2D eigenvalue weighted by Gasteiger charge is 1.28. The summed E-state index contributed by atoms with van der Waals surface area (Å²) in [5, 5.41) is 0. The molecule has 0 aromatic heterocycles. The quantitative estimate of drug-likeness (QED) is 0.243. The van der Waals surface area contributed by atoms with Gasteiger partial charge in [-0.2, -0.15) is 0 Å². The van der Waals surface area contributed by atoms with E-state index in [0.29, 0.717) is 0 Å². The molecule has 0 saturated carbocycles. The number of hydrogen-bond acceptors (Lipinski definition) is 2. The molecule has 0 aromatic rings. The van der Waals surface area contributed by atoms with Crippen LogP contribution in [0.2, 0.25) is 0 Å². The van der Waals surface area contributed by atoms with Crippen LogP contribution < -0.4 is 11.5 Å². The van der Waals surface area contributed by atoms with Crippen molar-refractivity contribution in [2.24, 2.45) is 5.84 Å². The monoisotopic (exact) mass is 86.0 g/mol. The van der Waals surface area contributed by atoms with E-state index in [4.69, 9.17) is 0 Å². The summed E-state index contributed by atoms with van der Waals surface area (Å²) in [5.41, 5.74) is 0.750. The lowest BCUT2D eigenvalue weighted by Crippen LogP contribution is -2.07. The summed E-state index contributed by atoms with van der Waals surface area (Å²) in [6.07, 6.45) is 0. The summed E-state index contributed by atoms with van der Waals surface area (Å²) in [4.78, 5) is 0. The largest absolute Gasteiger partial charge is 0.244 e. The summed E-state index contributed by atoms with van der Waals surface area (Å²) < 4.78 is 9.82. The Bertz CT molecular complexity index is 6.00. The van der Waals surface area contributed by atoms with Crippen molar-refractivity contribution >= 4 is 12.4 Å². The summed E-state index contributed by atoms with van der Waals surface area (Å²) >= 11 is 0. The maximum atomic E-state index is 9.82. The number of halogens is 2. The van der Waals surface area contributed by atoms with Crippen molar-refractivity contribution in [3.8, 4) is 0 Å². The standard InChI is InChI=1S/ClH.FH3N2/c;1-3-2/h1H;3H,2H2. The molecule has 0 heterocycles. The fourth-order valence-electron chi connectivity index (χ4n) is 0. The third-order valence-electron chi connectivity index (χ3n) is 0. The van der Waals surface area contributed by atoms with Crippen LogP contribution in [0.1, 0.15) is 0 Å². The van der Waals surface area contributed by atoms with Crippen LogP contribution in [0.3, 0.4) is 0 Å². The van der Waals surface area contributed by atoms with Gasteiger partial charge in [0.2, 0.25) is 0 Å². The molecule has 0 aliphatic carbocycles. The van der Waals surface area contributed by atoms with E-state index in [1.165, 1.54) is 0 Å². The molecule has 0 unspecified atom stereocenters. The van der Waals surface area contributed by atoms with E-state index in [2.05, 4.69) is 5.84 Å². The fraction of sp³-hybridized carbons (Fsp3) is 0. The van der Waals surface area contributed by atoms with Crippen molar-refractivity contribution in [1.82, 2.24) is 5.65 Å². The van der Waals surface area contributed by atoms with E-state index < -0.39 is 0 Å². The maximum absolute atomic E-state index is 9.82. The average Bonchev–Trinajstić information content (AvgIpc) is 0.918. The lowest BCUT2D eigenvalue weighted by molar-refractivity contribution is 0.344. The molecule has 4 heteroatoms. The Balaban J connectivity index is 0. The second kappa shape index (κ2) is 11.1. The first kappa shape index (κ1) is 8.91. The highest BCUT2D eigenvalue weighted by Crippen LogP contribution is 1.14. The number of rotatable bonds is 0. The third kappa shape index (κ3) is 142. The number of hydrazine groups is 1. The first-order valence-corrected chi connectivity index (χ1v) is 0.478.